The molecule has 1 fully saturated rings. The van der Waals surface area contributed by atoms with Crippen LogP contribution < -0.4 is 0 Å². The van der Waals surface area contributed by atoms with E-state index in [4.69, 9.17) is 16.3 Å². The molecule has 122 valence electrons. The summed E-state index contributed by atoms with van der Waals surface area (Å²) in [6.45, 7) is 2.20. The third kappa shape index (κ3) is 4.02. The van der Waals surface area contributed by atoms with Crippen molar-refractivity contribution in [1.29, 1.82) is 0 Å². The van der Waals surface area contributed by atoms with Crippen LogP contribution in [0.5, 0.6) is 0 Å². The van der Waals surface area contributed by atoms with Crippen molar-refractivity contribution in [3.05, 3.63) is 28.8 Å². The van der Waals surface area contributed by atoms with Gasteiger partial charge in [-0.25, -0.2) is 8.42 Å². The van der Waals surface area contributed by atoms with Gasteiger partial charge in [0.05, 0.1) is 16.5 Å². The fraction of sp³-hybridized carbons (Fsp3) is 0.562. The molecule has 2 unspecified atom stereocenters. The number of benzene rings is 1. The first-order valence-corrected chi connectivity index (χ1v) is 9.75. The second-order valence-corrected chi connectivity index (χ2v) is 8.19. The van der Waals surface area contributed by atoms with Gasteiger partial charge in [-0.1, -0.05) is 31.0 Å². The Hall–Kier alpha value is -1.07. The minimum Gasteiger partial charge on any atom is -0.465 e. The van der Waals surface area contributed by atoms with E-state index in [1.54, 1.807) is 19.1 Å². The van der Waals surface area contributed by atoms with E-state index < -0.39 is 9.84 Å². The third-order valence-electron chi connectivity index (χ3n) is 4.19. The molecule has 0 aliphatic heterocycles. The van der Waals surface area contributed by atoms with Crippen LogP contribution in [-0.2, 0) is 19.4 Å². The zero-order valence-electron chi connectivity index (χ0n) is 12.8. The summed E-state index contributed by atoms with van der Waals surface area (Å²) in [5.41, 5.74) is 1.02. The Morgan fingerprint density at radius 3 is 2.68 bits per heavy atom. The number of halogens is 1. The van der Waals surface area contributed by atoms with Gasteiger partial charge in [-0.05, 0) is 42.4 Å². The Morgan fingerprint density at radius 1 is 1.36 bits per heavy atom. The summed E-state index contributed by atoms with van der Waals surface area (Å²) in [7, 11) is -3.31. The quantitative estimate of drug-likeness (QED) is 0.766. The summed E-state index contributed by atoms with van der Waals surface area (Å²) in [4.78, 5) is 11.5. The summed E-state index contributed by atoms with van der Waals surface area (Å²) in [6, 6.07) is 5.13. The van der Waals surface area contributed by atoms with Gasteiger partial charge in [0.2, 0.25) is 0 Å². The minimum atomic E-state index is -3.31. The molecule has 1 aliphatic rings. The molecule has 0 amide bonds. The second kappa shape index (κ2) is 7.01. The lowest BCUT2D eigenvalue weighted by Crippen LogP contribution is -2.16. The van der Waals surface area contributed by atoms with E-state index in [1.165, 1.54) is 0 Å². The SMILES string of the molecule is CCC(=O)OCC1CCCC1c1ccc(S(C)(=O)=O)c(Cl)c1. The molecule has 0 bridgehead atoms. The van der Waals surface area contributed by atoms with Crippen LogP contribution in [-0.4, -0.2) is 27.2 Å². The Balaban J connectivity index is 2.16. The standard InChI is InChI=1S/C16H21ClO4S/c1-3-16(18)21-10-12-5-4-6-13(12)11-7-8-15(14(17)9-11)22(2,19)20/h7-9,12-13H,3-6,10H2,1-2H3. The summed E-state index contributed by atoms with van der Waals surface area (Å²) in [6.07, 6.45) is 4.61. The topological polar surface area (TPSA) is 60.4 Å². The van der Waals surface area contributed by atoms with Crippen molar-refractivity contribution in [3.63, 3.8) is 0 Å². The average molecular weight is 345 g/mol. The molecule has 1 aliphatic carbocycles. The zero-order chi connectivity index (χ0) is 16.3. The number of rotatable bonds is 5. The average Bonchev–Trinajstić information content (AvgIpc) is 2.91. The smallest absolute Gasteiger partial charge is 0.305 e. The van der Waals surface area contributed by atoms with Crippen LogP contribution in [0.25, 0.3) is 0 Å². The summed E-state index contributed by atoms with van der Waals surface area (Å²) in [5.74, 6) is 0.350. The van der Waals surface area contributed by atoms with E-state index >= 15 is 0 Å². The Kier molecular flexibility index (Phi) is 5.50. The maximum absolute atomic E-state index is 11.6. The van der Waals surface area contributed by atoms with Gasteiger partial charge in [0.15, 0.2) is 9.84 Å². The molecule has 0 saturated heterocycles. The number of ether oxygens (including phenoxy) is 1. The van der Waals surface area contributed by atoms with Crippen LogP contribution >= 0.6 is 11.6 Å². The van der Waals surface area contributed by atoms with Gasteiger partial charge in [-0.2, -0.15) is 0 Å². The number of carbonyl (C=O) groups is 1. The van der Waals surface area contributed by atoms with Crippen LogP contribution in [0.15, 0.2) is 23.1 Å². The lowest BCUT2D eigenvalue weighted by molar-refractivity contribution is -0.144. The van der Waals surface area contributed by atoms with Gasteiger partial charge in [-0.15, -0.1) is 0 Å². The first-order chi connectivity index (χ1) is 10.3. The van der Waals surface area contributed by atoms with Crippen LogP contribution in [0, 0.1) is 5.92 Å². The Morgan fingerprint density at radius 2 is 2.09 bits per heavy atom. The van der Waals surface area contributed by atoms with Crippen molar-refractivity contribution >= 4 is 27.4 Å². The molecular weight excluding hydrogens is 324 g/mol. The third-order valence-corrected chi connectivity index (χ3v) is 5.77. The molecule has 0 heterocycles. The number of hydrogen-bond donors (Lipinski definition) is 0. The largest absolute Gasteiger partial charge is 0.465 e. The molecule has 1 aromatic rings. The molecule has 0 spiro atoms. The maximum Gasteiger partial charge on any atom is 0.305 e. The molecular formula is C16H21ClO4S. The Bertz CT molecular complexity index is 654. The molecule has 1 aromatic carbocycles. The van der Waals surface area contributed by atoms with Crippen LogP contribution in [0.3, 0.4) is 0 Å². The van der Waals surface area contributed by atoms with Crippen LogP contribution in [0.1, 0.15) is 44.1 Å². The first kappa shape index (κ1) is 17.3. The maximum atomic E-state index is 11.6. The number of sulfone groups is 1. The summed E-state index contributed by atoms with van der Waals surface area (Å²) >= 11 is 6.13. The lowest BCUT2D eigenvalue weighted by atomic mass is 9.89. The van der Waals surface area contributed by atoms with Gasteiger partial charge in [0, 0.05) is 12.7 Å². The molecule has 2 atom stereocenters. The van der Waals surface area contributed by atoms with Gasteiger partial charge in [-0.3, -0.25) is 4.79 Å². The molecule has 4 nitrogen and oxygen atoms in total. The lowest BCUT2D eigenvalue weighted by Gasteiger charge is -2.20. The second-order valence-electron chi connectivity index (χ2n) is 5.80. The van der Waals surface area contributed by atoms with Crippen molar-refractivity contribution in [1.82, 2.24) is 0 Å². The number of esters is 1. The zero-order valence-corrected chi connectivity index (χ0v) is 14.4. The normalized spacial score (nSPS) is 21.8. The molecule has 0 N–H and O–H groups in total. The molecule has 0 radical (unpaired) electrons. The van der Waals surface area contributed by atoms with Crippen molar-refractivity contribution in [3.8, 4) is 0 Å². The van der Waals surface area contributed by atoms with E-state index in [1.807, 2.05) is 6.07 Å². The molecule has 22 heavy (non-hydrogen) atoms. The Labute approximate surface area is 136 Å². The van der Waals surface area contributed by atoms with Gasteiger partial charge in [0.25, 0.3) is 0 Å². The van der Waals surface area contributed by atoms with Crippen molar-refractivity contribution in [2.75, 3.05) is 12.9 Å². The number of hydrogen-bond acceptors (Lipinski definition) is 4. The first-order valence-electron chi connectivity index (χ1n) is 7.48. The van der Waals surface area contributed by atoms with E-state index in [0.29, 0.717) is 13.0 Å². The van der Waals surface area contributed by atoms with E-state index in [9.17, 15) is 13.2 Å². The highest BCUT2D eigenvalue weighted by molar-refractivity contribution is 7.90. The molecule has 1 saturated carbocycles. The van der Waals surface area contributed by atoms with Gasteiger partial charge < -0.3 is 4.74 Å². The molecule has 2 rings (SSSR count). The van der Waals surface area contributed by atoms with Crippen LogP contribution in [0.4, 0.5) is 0 Å². The van der Waals surface area contributed by atoms with E-state index in [0.717, 1.165) is 31.1 Å². The fourth-order valence-electron chi connectivity index (χ4n) is 3.03. The summed E-state index contributed by atoms with van der Waals surface area (Å²) < 4.78 is 28.5. The van der Waals surface area contributed by atoms with E-state index in [2.05, 4.69) is 0 Å². The van der Waals surface area contributed by atoms with E-state index in [-0.39, 0.29) is 27.7 Å². The van der Waals surface area contributed by atoms with Crippen molar-refractivity contribution in [2.24, 2.45) is 5.92 Å². The van der Waals surface area contributed by atoms with Crippen molar-refractivity contribution in [2.45, 2.75) is 43.4 Å². The van der Waals surface area contributed by atoms with Crippen molar-refractivity contribution < 1.29 is 17.9 Å². The summed E-state index contributed by atoms with van der Waals surface area (Å²) in [5, 5.41) is 0.260. The predicted octanol–water partition coefficient (Wildman–Crippen LogP) is 3.58. The number of carbonyl (C=O) groups excluding carboxylic acids is 1. The fourth-order valence-corrected chi connectivity index (χ4v) is 4.36. The molecule has 6 heteroatoms. The van der Waals surface area contributed by atoms with Gasteiger partial charge in [0.1, 0.15) is 0 Å². The highest BCUT2D eigenvalue weighted by Crippen LogP contribution is 2.41. The molecule has 0 aromatic heterocycles. The minimum absolute atomic E-state index is 0.157. The van der Waals surface area contributed by atoms with Crippen LogP contribution in [0.2, 0.25) is 5.02 Å². The van der Waals surface area contributed by atoms with Gasteiger partial charge >= 0.3 is 5.97 Å². The predicted molar refractivity (Wildman–Crippen MR) is 85.9 cm³/mol. The highest BCUT2D eigenvalue weighted by Gasteiger charge is 2.30. The highest BCUT2D eigenvalue weighted by atomic mass is 35.5. The monoisotopic (exact) mass is 344 g/mol.